The number of hydrogen-bond acceptors (Lipinski definition) is 4. The van der Waals surface area contributed by atoms with Crippen LogP contribution < -0.4 is 10.6 Å². The zero-order valence-corrected chi connectivity index (χ0v) is 10.6. The van der Waals surface area contributed by atoms with Crippen LogP contribution in [0.3, 0.4) is 0 Å². The molecule has 0 radical (unpaired) electrons. The monoisotopic (exact) mass is 270 g/mol. The van der Waals surface area contributed by atoms with Gasteiger partial charge in [-0.05, 0) is 19.3 Å². The lowest BCUT2D eigenvalue weighted by molar-refractivity contribution is -0.144. The van der Waals surface area contributed by atoms with Crippen molar-refractivity contribution in [3.8, 4) is 0 Å². The molecule has 4 unspecified atom stereocenters. The summed E-state index contributed by atoms with van der Waals surface area (Å²) in [6.45, 7) is 0.368. The van der Waals surface area contributed by atoms with Crippen molar-refractivity contribution in [1.29, 1.82) is 0 Å². The molecule has 7 nitrogen and oxygen atoms in total. The molecule has 0 aromatic heterocycles. The van der Waals surface area contributed by atoms with Gasteiger partial charge in [0.2, 0.25) is 0 Å². The Morgan fingerprint density at radius 2 is 2.16 bits per heavy atom. The Kier molecular flexibility index (Phi) is 3.10. The number of carbonyl (C=O) groups is 2. The van der Waals surface area contributed by atoms with Crippen LogP contribution in [0.15, 0.2) is 0 Å². The van der Waals surface area contributed by atoms with Crippen molar-refractivity contribution in [2.45, 2.75) is 49.5 Å². The van der Waals surface area contributed by atoms with Gasteiger partial charge >= 0.3 is 12.0 Å². The number of nitrogens with one attached hydrogen (secondary N) is 2. The highest BCUT2D eigenvalue weighted by molar-refractivity contribution is 5.86. The Morgan fingerprint density at radius 1 is 1.32 bits per heavy atom. The molecular formula is C12H18N2O5. The van der Waals surface area contributed by atoms with Crippen molar-refractivity contribution in [2.75, 3.05) is 13.2 Å². The fourth-order valence-electron chi connectivity index (χ4n) is 3.10. The van der Waals surface area contributed by atoms with Crippen LogP contribution in [-0.2, 0) is 14.3 Å². The summed E-state index contributed by atoms with van der Waals surface area (Å²) in [6, 6.07) is -0.457. The number of carboxylic acid groups (broad SMARTS) is 1. The highest BCUT2D eigenvalue weighted by Gasteiger charge is 2.46. The average Bonchev–Trinajstić information content (AvgIpc) is 3.04. The van der Waals surface area contributed by atoms with E-state index in [0.29, 0.717) is 13.0 Å². The van der Waals surface area contributed by atoms with Crippen LogP contribution in [0.2, 0.25) is 0 Å². The first kappa shape index (κ1) is 12.7. The second-order valence-electron chi connectivity index (χ2n) is 5.50. The lowest BCUT2D eigenvalue weighted by atomic mass is 9.95. The van der Waals surface area contributed by atoms with E-state index in [1.54, 1.807) is 0 Å². The minimum Gasteiger partial charge on any atom is -0.479 e. The summed E-state index contributed by atoms with van der Waals surface area (Å²) in [6.07, 6.45) is 3.45. The minimum atomic E-state index is -1.29. The molecule has 3 rings (SSSR count). The van der Waals surface area contributed by atoms with Gasteiger partial charge in [-0.3, -0.25) is 0 Å². The standard InChI is InChI=1S/C12H18N2O5/c15-10(16)12(3-4-18-6-12)14-11(17)13-8-5-7-1-2-9(8)19-7/h7-9H,1-6H2,(H,15,16)(H2,13,14,17). The molecule has 0 aliphatic carbocycles. The lowest BCUT2D eigenvalue weighted by Gasteiger charge is -2.26. The van der Waals surface area contributed by atoms with Crippen molar-refractivity contribution in [2.24, 2.45) is 0 Å². The van der Waals surface area contributed by atoms with Crippen LogP contribution in [0.1, 0.15) is 25.7 Å². The first-order chi connectivity index (χ1) is 9.09. The van der Waals surface area contributed by atoms with Crippen LogP contribution in [0.5, 0.6) is 0 Å². The maximum atomic E-state index is 11.9. The smallest absolute Gasteiger partial charge is 0.332 e. The molecule has 19 heavy (non-hydrogen) atoms. The van der Waals surface area contributed by atoms with E-state index in [2.05, 4.69) is 10.6 Å². The third kappa shape index (κ3) is 2.28. The number of ether oxygens (including phenoxy) is 2. The SMILES string of the molecule is O=C(NC1CC2CCC1O2)NC1(C(=O)O)CCOC1. The van der Waals surface area contributed by atoms with Gasteiger partial charge in [0, 0.05) is 13.0 Å². The molecule has 0 saturated carbocycles. The first-order valence-corrected chi connectivity index (χ1v) is 6.64. The summed E-state index contributed by atoms with van der Waals surface area (Å²) < 4.78 is 10.7. The topological polar surface area (TPSA) is 96.9 Å². The largest absolute Gasteiger partial charge is 0.479 e. The third-order valence-corrected chi connectivity index (χ3v) is 4.21. The van der Waals surface area contributed by atoms with Gasteiger partial charge < -0.3 is 25.2 Å². The van der Waals surface area contributed by atoms with E-state index < -0.39 is 17.5 Å². The zero-order chi connectivity index (χ0) is 13.5. The third-order valence-electron chi connectivity index (χ3n) is 4.21. The molecule has 0 aromatic carbocycles. The van der Waals surface area contributed by atoms with Gasteiger partial charge in [0.25, 0.3) is 0 Å². The summed E-state index contributed by atoms with van der Waals surface area (Å²) in [7, 11) is 0. The van der Waals surface area contributed by atoms with Gasteiger partial charge in [0.15, 0.2) is 5.54 Å². The van der Waals surface area contributed by atoms with Crippen molar-refractivity contribution < 1.29 is 24.2 Å². The number of amides is 2. The molecular weight excluding hydrogens is 252 g/mol. The maximum Gasteiger partial charge on any atom is 0.332 e. The molecule has 3 N–H and O–H groups in total. The fourth-order valence-corrected chi connectivity index (χ4v) is 3.10. The van der Waals surface area contributed by atoms with E-state index in [0.717, 1.165) is 19.3 Å². The Balaban J connectivity index is 1.57. The van der Waals surface area contributed by atoms with E-state index in [9.17, 15) is 14.7 Å². The second-order valence-corrected chi connectivity index (χ2v) is 5.50. The van der Waals surface area contributed by atoms with Crippen molar-refractivity contribution in [3.63, 3.8) is 0 Å². The number of rotatable bonds is 3. The average molecular weight is 270 g/mol. The Labute approximate surface area is 110 Å². The highest BCUT2D eigenvalue weighted by Crippen LogP contribution is 2.34. The van der Waals surface area contributed by atoms with E-state index >= 15 is 0 Å². The van der Waals surface area contributed by atoms with Gasteiger partial charge in [-0.15, -0.1) is 0 Å². The molecule has 3 aliphatic rings. The van der Waals surface area contributed by atoms with Gasteiger partial charge in [-0.25, -0.2) is 9.59 Å². The molecule has 3 aliphatic heterocycles. The first-order valence-electron chi connectivity index (χ1n) is 6.64. The van der Waals surface area contributed by atoms with Crippen LogP contribution in [0.4, 0.5) is 4.79 Å². The summed E-state index contributed by atoms with van der Waals surface area (Å²) >= 11 is 0. The van der Waals surface area contributed by atoms with Gasteiger partial charge in [-0.1, -0.05) is 0 Å². The van der Waals surface area contributed by atoms with Gasteiger partial charge in [0.05, 0.1) is 24.9 Å². The number of urea groups is 1. The molecule has 3 saturated heterocycles. The van der Waals surface area contributed by atoms with Crippen LogP contribution in [0, 0.1) is 0 Å². The normalized spacial score (nSPS) is 40.3. The summed E-state index contributed by atoms with van der Waals surface area (Å²) in [4.78, 5) is 23.2. The summed E-state index contributed by atoms with van der Waals surface area (Å²) in [5, 5.41) is 14.6. The molecule has 2 amide bonds. The number of aliphatic carboxylic acids is 1. The molecule has 106 valence electrons. The second kappa shape index (κ2) is 4.64. The van der Waals surface area contributed by atoms with Gasteiger partial charge in [0.1, 0.15) is 0 Å². The molecule has 3 heterocycles. The van der Waals surface area contributed by atoms with Crippen LogP contribution in [-0.4, -0.2) is 54.1 Å². The number of hydrogen-bond donors (Lipinski definition) is 3. The van der Waals surface area contributed by atoms with Crippen molar-refractivity contribution in [1.82, 2.24) is 10.6 Å². The van der Waals surface area contributed by atoms with E-state index in [4.69, 9.17) is 9.47 Å². The quantitative estimate of drug-likeness (QED) is 0.662. The predicted molar refractivity (Wildman–Crippen MR) is 63.8 cm³/mol. The highest BCUT2D eigenvalue weighted by atomic mass is 16.5. The predicted octanol–water partition coefficient (Wildman–Crippen LogP) is -0.151. The zero-order valence-electron chi connectivity index (χ0n) is 10.6. The Hall–Kier alpha value is -1.34. The minimum absolute atomic E-state index is 0.00748. The Morgan fingerprint density at radius 3 is 2.68 bits per heavy atom. The lowest BCUT2D eigenvalue weighted by Crippen LogP contribution is -2.59. The maximum absolute atomic E-state index is 11.9. The van der Waals surface area contributed by atoms with Gasteiger partial charge in [-0.2, -0.15) is 0 Å². The van der Waals surface area contributed by atoms with Crippen molar-refractivity contribution >= 4 is 12.0 Å². The molecule has 4 atom stereocenters. The summed E-state index contributed by atoms with van der Waals surface area (Å²) in [5.41, 5.74) is -1.29. The van der Waals surface area contributed by atoms with E-state index in [1.165, 1.54) is 0 Å². The number of carboxylic acids is 1. The summed E-state index contributed by atoms with van der Waals surface area (Å²) in [5.74, 6) is -1.05. The van der Waals surface area contributed by atoms with E-state index in [1.807, 2.05) is 0 Å². The van der Waals surface area contributed by atoms with Crippen LogP contribution >= 0.6 is 0 Å². The Bertz CT molecular complexity index is 394. The molecule has 3 fully saturated rings. The molecule has 7 heteroatoms. The van der Waals surface area contributed by atoms with E-state index in [-0.39, 0.29) is 24.9 Å². The molecule has 2 bridgehead atoms. The number of fused-ring (bicyclic) bond motifs is 2. The number of carbonyl (C=O) groups excluding carboxylic acids is 1. The molecule has 0 aromatic rings. The van der Waals surface area contributed by atoms with Crippen LogP contribution in [0.25, 0.3) is 0 Å². The fraction of sp³-hybridized carbons (Fsp3) is 0.833. The molecule has 0 spiro atoms. The van der Waals surface area contributed by atoms with Crippen molar-refractivity contribution in [3.05, 3.63) is 0 Å².